The average Bonchev–Trinajstić information content (AvgIpc) is 3.04. The number of rotatable bonds is 8. The van der Waals surface area contributed by atoms with Crippen molar-refractivity contribution in [3.63, 3.8) is 0 Å². The molecule has 35 heavy (non-hydrogen) atoms. The van der Waals surface area contributed by atoms with Crippen molar-refractivity contribution in [3.05, 3.63) is 69.1 Å². The monoisotopic (exact) mass is 602 g/mol. The van der Waals surface area contributed by atoms with Crippen LogP contribution in [0.15, 0.2) is 41.0 Å². The van der Waals surface area contributed by atoms with Crippen molar-refractivity contribution in [2.24, 2.45) is 5.73 Å². The molecule has 2 heterocycles. The number of carbonyl (C=O) groups excluding carboxylic acids is 1. The number of fused-ring (bicyclic) bond motifs is 1. The van der Waals surface area contributed by atoms with Gasteiger partial charge in [0.05, 0.1) is 0 Å². The Morgan fingerprint density at radius 1 is 1.26 bits per heavy atom. The van der Waals surface area contributed by atoms with Crippen molar-refractivity contribution in [1.82, 2.24) is 14.9 Å². The van der Waals surface area contributed by atoms with Crippen molar-refractivity contribution in [3.8, 4) is 0 Å². The predicted molar refractivity (Wildman–Crippen MR) is 140 cm³/mol. The van der Waals surface area contributed by atoms with E-state index in [2.05, 4.69) is 48.2 Å². The molecule has 0 spiro atoms. The van der Waals surface area contributed by atoms with E-state index in [1.54, 1.807) is 32.4 Å². The summed E-state index contributed by atoms with van der Waals surface area (Å²) in [5.41, 5.74) is 9.73. The summed E-state index contributed by atoms with van der Waals surface area (Å²) < 4.78 is 21.8. The quantitative estimate of drug-likeness (QED) is 0.384. The summed E-state index contributed by atoms with van der Waals surface area (Å²) in [4.78, 5) is 23.3. The number of amides is 1. The molecule has 1 radical (unpaired) electrons. The number of nitrogens with two attached hydrogens (primary N) is 1. The van der Waals surface area contributed by atoms with E-state index in [1.807, 2.05) is 6.07 Å². The van der Waals surface area contributed by atoms with Crippen molar-refractivity contribution in [1.29, 1.82) is 0 Å². The van der Waals surface area contributed by atoms with Crippen LogP contribution in [-0.2, 0) is 17.6 Å². The summed E-state index contributed by atoms with van der Waals surface area (Å²) in [7, 11) is 1.73. The number of hydrogen-bond acceptors (Lipinski definition) is 6. The minimum absolute atomic E-state index is 0.193. The van der Waals surface area contributed by atoms with Crippen LogP contribution in [-0.4, -0.2) is 69.9 Å². The number of anilines is 2. The molecule has 0 saturated heterocycles. The summed E-state index contributed by atoms with van der Waals surface area (Å²) in [6, 6.07) is 9.49. The molecule has 3 aromatic rings. The molecular weight excluding hydrogens is 576 g/mol. The number of halogens is 2. The van der Waals surface area contributed by atoms with E-state index in [-0.39, 0.29) is 5.56 Å². The number of nitrogens with one attached hydrogen (secondary N) is 1. The molecule has 183 valence electrons. The molecule has 0 saturated carbocycles. The van der Waals surface area contributed by atoms with Crippen molar-refractivity contribution in [2.75, 3.05) is 38.7 Å². The van der Waals surface area contributed by atoms with Gasteiger partial charge in [-0.15, -0.1) is 0 Å². The maximum absolute atomic E-state index is 14.9. The number of nitrogens with zero attached hydrogens (tertiary/aromatic N) is 3. The molecular formula is C25H27AsBrFN5O2. The maximum atomic E-state index is 14.9. The SMILES string of the molecule is COCCN1CCc2ccc(Nc3ncc(Br)c([As]c4c(C(N)=O)ccc(C)c4F)n3)cc2CC1. The summed E-state index contributed by atoms with van der Waals surface area (Å²) >= 11 is 2.53. The topological polar surface area (TPSA) is 93.4 Å². The second kappa shape index (κ2) is 11.6. The second-order valence-electron chi connectivity index (χ2n) is 8.38. The Morgan fingerprint density at radius 2 is 2.03 bits per heavy atom. The number of carbonyl (C=O) groups is 1. The zero-order chi connectivity index (χ0) is 24.9. The first-order valence-corrected chi connectivity index (χ1v) is 14.0. The fourth-order valence-corrected chi connectivity index (χ4v) is 6.96. The molecule has 1 amide bonds. The van der Waals surface area contributed by atoms with Gasteiger partial charge >= 0.3 is 208 Å². The van der Waals surface area contributed by atoms with E-state index in [0.29, 0.717) is 24.8 Å². The van der Waals surface area contributed by atoms with Gasteiger partial charge in [-0.05, 0) is 0 Å². The summed E-state index contributed by atoms with van der Waals surface area (Å²) in [6.45, 7) is 5.36. The van der Waals surface area contributed by atoms with Crippen LogP contribution < -0.4 is 19.9 Å². The molecule has 0 bridgehead atoms. The van der Waals surface area contributed by atoms with Gasteiger partial charge in [-0.2, -0.15) is 0 Å². The number of primary amides is 1. The standard InChI is InChI=1S/C25H27AsBrFN5O2/c1-15-3-6-19(24(29)34)21(22(15)28)26-23-20(27)14-30-25(32-23)31-18-5-4-16-7-9-33(11-12-35-2)10-8-17(16)13-18/h3-6,13-14H,7-12H2,1-2H3,(H2,29,34)(H,30,31,32). The molecule has 7 nitrogen and oxygen atoms in total. The Balaban J connectivity index is 1.54. The third-order valence-corrected chi connectivity index (χ3v) is 9.78. The van der Waals surface area contributed by atoms with Gasteiger partial charge in [0.2, 0.25) is 0 Å². The van der Waals surface area contributed by atoms with Gasteiger partial charge in [0, 0.05) is 7.11 Å². The normalized spacial score (nSPS) is 14.2. The molecule has 1 aliphatic heterocycles. The van der Waals surface area contributed by atoms with E-state index in [0.717, 1.165) is 44.8 Å². The van der Waals surface area contributed by atoms with Gasteiger partial charge in [0.25, 0.3) is 0 Å². The van der Waals surface area contributed by atoms with Crippen LogP contribution in [0.2, 0.25) is 0 Å². The number of ether oxygens (including phenoxy) is 1. The second-order valence-corrected chi connectivity index (χ2v) is 11.5. The van der Waals surface area contributed by atoms with E-state index in [1.165, 1.54) is 11.1 Å². The molecule has 0 fully saturated rings. The van der Waals surface area contributed by atoms with Crippen LogP contribution in [0.1, 0.15) is 27.0 Å². The minimum atomic E-state index is -0.950. The molecule has 0 atom stereocenters. The number of hydrogen-bond donors (Lipinski definition) is 2. The Labute approximate surface area is 219 Å². The van der Waals surface area contributed by atoms with Gasteiger partial charge < -0.3 is 4.74 Å². The fourth-order valence-electron chi connectivity index (χ4n) is 4.00. The third kappa shape index (κ3) is 6.28. The average molecular weight is 603 g/mol. The van der Waals surface area contributed by atoms with Crippen LogP contribution in [0.25, 0.3) is 0 Å². The van der Waals surface area contributed by atoms with Crippen LogP contribution in [0.3, 0.4) is 0 Å². The molecule has 10 heteroatoms. The van der Waals surface area contributed by atoms with Gasteiger partial charge in [0.1, 0.15) is 0 Å². The van der Waals surface area contributed by atoms with E-state index in [9.17, 15) is 9.18 Å². The predicted octanol–water partition coefficient (Wildman–Crippen LogP) is 2.23. The van der Waals surface area contributed by atoms with Crippen molar-refractivity contribution >= 4 is 58.1 Å². The number of benzene rings is 2. The van der Waals surface area contributed by atoms with Gasteiger partial charge in [-0.25, -0.2) is 0 Å². The number of aromatic nitrogens is 2. The molecule has 4 rings (SSSR count). The van der Waals surface area contributed by atoms with Crippen molar-refractivity contribution in [2.45, 2.75) is 19.8 Å². The first-order chi connectivity index (χ1) is 16.9. The zero-order valence-electron chi connectivity index (χ0n) is 19.6. The number of methoxy groups -OCH3 is 1. The van der Waals surface area contributed by atoms with Crippen LogP contribution in [0.4, 0.5) is 16.0 Å². The molecule has 2 aromatic carbocycles. The fraction of sp³-hybridized carbons (Fsp3) is 0.320. The van der Waals surface area contributed by atoms with Crippen LogP contribution >= 0.6 is 15.9 Å². The Hall–Kier alpha value is -2.32. The molecule has 1 aromatic heterocycles. The first kappa shape index (κ1) is 25.8. The summed E-state index contributed by atoms with van der Waals surface area (Å²) in [6.07, 6.45) is 3.62. The number of aryl methyl sites for hydroxylation is 1. The third-order valence-electron chi connectivity index (χ3n) is 5.99. The van der Waals surface area contributed by atoms with Crippen LogP contribution in [0, 0.1) is 12.7 Å². The summed E-state index contributed by atoms with van der Waals surface area (Å²) in [5, 5.41) is 3.29. The van der Waals surface area contributed by atoms with Gasteiger partial charge in [0.15, 0.2) is 0 Å². The molecule has 0 aliphatic carbocycles. The van der Waals surface area contributed by atoms with E-state index >= 15 is 0 Å². The van der Waals surface area contributed by atoms with E-state index in [4.69, 9.17) is 10.5 Å². The Kier molecular flexibility index (Phi) is 8.54. The van der Waals surface area contributed by atoms with Gasteiger partial charge in [-0.1, -0.05) is 0 Å². The van der Waals surface area contributed by atoms with Crippen molar-refractivity contribution < 1.29 is 13.9 Å². The Bertz CT molecular complexity index is 1240. The van der Waals surface area contributed by atoms with E-state index < -0.39 is 27.5 Å². The molecule has 0 unspecified atom stereocenters. The van der Waals surface area contributed by atoms with Gasteiger partial charge in [-0.3, -0.25) is 0 Å². The zero-order valence-corrected chi connectivity index (χ0v) is 23.1. The molecule has 3 N–H and O–H groups in total. The van der Waals surface area contributed by atoms with Crippen LogP contribution in [0.5, 0.6) is 0 Å². The first-order valence-electron chi connectivity index (χ1n) is 11.3. The Morgan fingerprint density at radius 3 is 2.77 bits per heavy atom. The molecule has 1 aliphatic rings. The summed E-state index contributed by atoms with van der Waals surface area (Å²) in [5.74, 6) is -0.641.